The third kappa shape index (κ3) is 2.07. The van der Waals surface area contributed by atoms with Crippen LogP contribution >= 0.6 is 0 Å². The first-order valence-corrected chi connectivity index (χ1v) is 5.53. The van der Waals surface area contributed by atoms with Crippen molar-refractivity contribution in [1.82, 2.24) is 9.88 Å². The molecule has 0 radical (unpaired) electrons. The highest BCUT2D eigenvalue weighted by Gasteiger charge is 2.32. The third-order valence-electron chi connectivity index (χ3n) is 3.08. The van der Waals surface area contributed by atoms with E-state index in [-0.39, 0.29) is 24.5 Å². The molecule has 2 rings (SSSR count). The van der Waals surface area contributed by atoms with Crippen molar-refractivity contribution in [1.29, 1.82) is 0 Å². The Bertz CT molecular complexity index is 367. The van der Waals surface area contributed by atoms with E-state index in [0.29, 0.717) is 13.0 Å². The van der Waals surface area contributed by atoms with E-state index in [1.165, 1.54) is 0 Å². The maximum Gasteiger partial charge on any atom is 0.223 e. The lowest BCUT2D eigenvalue weighted by Crippen LogP contribution is -2.29. The molecule has 1 unspecified atom stereocenters. The average molecular weight is 220 g/mol. The van der Waals surface area contributed by atoms with Crippen LogP contribution in [-0.4, -0.2) is 34.0 Å². The highest BCUT2D eigenvalue weighted by atomic mass is 16.3. The monoisotopic (exact) mass is 220 g/mol. The number of amides is 1. The molecule has 1 aromatic heterocycles. The van der Waals surface area contributed by atoms with Gasteiger partial charge in [0.2, 0.25) is 5.91 Å². The van der Waals surface area contributed by atoms with Gasteiger partial charge in [-0.15, -0.1) is 0 Å². The summed E-state index contributed by atoms with van der Waals surface area (Å²) in [5.41, 5.74) is 0.898. The van der Waals surface area contributed by atoms with Crippen LogP contribution in [0.5, 0.6) is 0 Å². The van der Waals surface area contributed by atoms with E-state index in [1.807, 2.05) is 25.1 Å². The normalized spacial score (nSPS) is 22.5. The molecule has 1 N–H and O–H groups in total. The summed E-state index contributed by atoms with van der Waals surface area (Å²) in [6.45, 7) is 2.68. The van der Waals surface area contributed by atoms with E-state index in [2.05, 4.69) is 4.98 Å². The molecule has 0 aromatic carbocycles. The highest BCUT2D eigenvalue weighted by molar-refractivity contribution is 5.79. The van der Waals surface area contributed by atoms with Gasteiger partial charge in [0.25, 0.3) is 0 Å². The van der Waals surface area contributed by atoms with E-state index < -0.39 is 0 Å². The Balaban J connectivity index is 2.11. The summed E-state index contributed by atoms with van der Waals surface area (Å²) in [6.07, 6.45) is 2.18. The minimum absolute atomic E-state index is 0.00903. The van der Waals surface area contributed by atoms with Crippen LogP contribution in [0.1, 0.15) is 25.1 Å². The van der Waals surface area contributed by atoms with Crippen LogP contribution in [0.2, 0.25) is 0 Å². The molecule has 2 heterocycles. The molecular formula is C12H16N2O2. The molecule has 1 aromatic rings. The third-order valence-corrected chi connectivity index (χ3v) is 3.08. The molecule has 16 heavy (non-hydrogen) atoms. The number of nitrogens with zero attached hydrogens (tertiary/aromatic N) is 2. The first kappa shape index (κ1) is 11.1. The van der Waals surface area contributed by atoms with Gasteiger partial charge in [0.15, 0.2) is 0 Å². The van der Waals surface area contributed by atoms with E-state index in [9.17, 15) is 4.79 Å². The van der Waals surface area contributed by atoms with Gasteiger partial charge in [0.1, 0.15) is 0 Å². The van der Waals surface area contributed by atoms with Crippen molar-refractivity contribution >= 4 is 5.91 Å². The van der Waals surface area contributed by atoms with Crippen molar-refractivity contribution in [3.05, 3.63) is 30.1 Å². The van der Waals surface area contributed by atoms with Crippen LogP contribution in [0.3, 0.4) is 0 Å². The molecule has 86 valence electrons. The van der Waals surface area contributed by atoms with Gasteiger partial charge < -0.3 is 10.0 Å². The largest absolute Gasteiger partial charge is 0.396 e. The van der Waals surface area contributed by atoms with Crippen molar-refractivity contribution in [3.63, 3.8) is 0 Å². The van der Waals surface area contributed by atoms with Gasteiger partial charge in [-0.25, -0.2) is 0 Å². The van der Waals surface area contributed by atoms with Gasteiger partial charge in [-0.3, -0.25) is 9.78 Å². The van der Waals surface area contributed by atoms with Gasteiger partial charge in [-0.2, -0.15) is 0 Å². The van der Waals surface area contributed by atoms with E-state index in [0.717, 1.165) is 5.69 Å². The predicted octanol–water partition coefficient (Wildman–Crippen LogP) is 0.983. The number of hydrogen-bond acceptors (Lipinski definition) is 3. The average Bonchev–Trinajstić information content (AvgIpc) is 2.71. The van der Waals surface area contributed by atoms with Gasteiger partial charge in [0, 0.05) is 31.7 Å². The molecule has 4 heteroatoms. The zero-order valence-corrected chi connectivity index (χ0v) is 9.34. The Morgan fingerprint density at radius 3 is 3.00 bits per heavy atom. The summed E-state index contributed by atoms with van der Waals surface area (Å²) in [6, 6.07) is 5.69. The van der Waals surface area contributed by atoms with E-state index in [4.69, 9.17) is 5.11 Å². The number of aliphatic hydroxyl groups excluding tert-OH is 1. The second kappa shape index (κ2) is 4.61. The lowest BCUT2D eigenvalue weighted by molar-refractivity contribution is -0.129. The maximum absolute atomic E-state index is 11.7. The fraction of sp³-hybridized carbons (Fsp3) is 0.500. The van der Waals surface area contributed by atoms with Crippen LogP contribution in [-0.2, 0) is 4.79 Å². The van der Waals surface area contributed by atoms with Crippen molar-refractivity contribution in [3.8, 4) is 0 Å². The molecule has 1 aliphatic heterocycles. The Morgan fingerprint density at radius 1 is 1.62 bits per heavy atom. The highest BCUT2D eigenvalue weighted by Crippen LogP contribution is 2.26. The number of aromatic nitrogens is 1. The summed E-state index contributed by atoms with van der Waals surface area (Å²) in [7, 11) is 0. The second-order valence-corrected chi connectivity index (χ2v) is 4.23. The lowest BCUT2D eigenvalue weighted by Gasteiger charge is -2.24. The molecule has 2 atom stereocenters. The molecule has 1 amide bonds. The van der Waals surface area contributed by atoms with E-state index >= 15 is 0 Å². The molecular weight excluding hydrogens is 204 g/mol. The minimum atomic E-state index is -0.00903. The summed E-state index contributed by atoms with van der Waals surface area (Å²) in [5, 5.41) is 9.06. The summed E-state index contributed by atoms with van der Waals surface area (Å²) in [4.78, 5) is 17.8. The first-order valence-electron chi connectivity index (χ1n) is 5.53. The first-order chi connectivity index (χ1) is 7.72. The van der Waals surface area contributed by atoms with Crippen LogP contribution in [0.15, 0.2) is 24.4 Å². The summed E-state index contributed by atoms with van der Waals surface area (Å²) in [5.74, 6) is 0.191. The Labute approximate surface area is 94.9 Å². The maximum atomic E-state index is 11.7. The molecule has 1 fully saturated rings. The van der Waals surface area contributed by atoms with Crippen molar-refractivity contribution in [2.75, 3.05) is 13.2 Å². The number of rotatable bonds is 3. The number of hydrogen-bond donors (Lipinski definition) is 1. The molecule has 1 saturated heterocycles. The van der Waals surface area contributed by atoms with Crippen LogP contribution in [0, 0.1) is 5.92 Å². The van der Waals surface area contributed by atoms with Crippen LogP contribution in [0.25, 0.3) is 0 Å². The SMILES string of the molecule is C[C@@H](c1ccccn1)N1CC(CO)CC1=O. The second-order valence-electron chi connectivity index (χ2n) is 4.23. The standard InChI is InChI=1S/C12H16N2O2/c1-9(11-4-2-3-5-13-11)14-7-10(8-15)6-12(14)16/h2-5,9-10,15H,6-8H2,1H3/t9-,10?/m0/s1. The zero-order valence-electron chi connectivity index (χ0n) is 9.34. The Morgan fingerprint density at radius 2 is 2.44 bits per heavy atom. The van der Waals surface area contributed by atoms with Gasteiger partial charge in [-0.05, 0) is 19.1 Å². The molecule has 0 bridgehead atoms. The molecule has 0 aliphatic carbocycles. The number of likely N-dealkylation sites (tertiary alicyclic amines) is 1. The summed E-state index contributed by atoms with van der Waals surface area (Å²) < 4.78 is 0. The number of carbonyl (C=O) groups excluding carboxylic acids is 1. The van der Waals surface area contributed by atoms with Crippen LogP contribution < -0.4 is 0 Å². The number of carbonyl (C=O) groups is 1. The number of aliphatic hydroxyl groups is 1. The molecule has 1 aliphatic rings. The quantitative estimate of drug-likeness (QED) is 0.826. The fourth-order valence-electron chi connectivity index (χ4n) is 2.09. The van der Waals surface area contributed by atoms with Gasteiger partial charge >= 0.3 is 0 Å². The number of pyridine rings is 1. The van der Waals surface area contributed by atoms with Crippen LogP contribution in [0.4, 0.5) is 0 Å². The molecule has 4 nitrogen and oxygen atoms in total. The topological polar surface area (TPSA) is 53.4 Å². The smallest absolute Gasteiger partial charge is 0.223 e. The molecule has 0 saturated carbocycles. The predicted molar refractivity (Wildman–Crippen MR) is 59.6 cm³/mol. The van der Waals surface area contributed by atoms with Gasteiger partial charge in [-0.1, -0.05) is 6.07 Å². The Hall–Kier alpha value is -1.42. The van der Waals surface area contributed by atoms with Crippen molar-refractivity contribution in [2.45, 2.75) is 19.4 Å². The van der Waals surface area contributed by atoms with Crippen molar-refractivity contribution < 1.29 is 9.90 Å². The van der Waals surface area contributed by atoms with E-state index in [1.54, 1.807) is 11.1 Å². The van der Waals surface area contributed by atoms with Crippen molar-refractivity contribution in [2.24, 2.45) is 5.92 Å². The summed E-state index contributed by atoms with van der Waals surface area (Å²) >= 11 is 0. The molecule has 0 spiro atoms. The lowest BCUT2D eigenvalue weighted by atomic mass is 10.1. The fourth-order valence-corrected chi connectivity index (χ4v) is 2.09. The zero-order chi connectivity index (χ0) is 11.5. The minimum Gasteiger partial charge on any atom is -0.396 e. The Kier molecular flexibility index (Phi) is 3.19. The van der Waals surface area contributed by atoms with Gasteiger partial charge in [0.05, 0.1) is 11.7 Å².